The van der Waals surface area contributed by atoms with Crippen LogP contribution in [0.25, 0.3) is 22.0 Å². The average Bonchev–Trinajstić information content (AvgIpc) is 2.39. The second-order valence-electron chi connectivity index (χ2n) is 4.08. The third kappa shape index (κ3) is 1.66. The molecule has 0 aliphatic rings. The lowest BCUT2D eigenvalue weighted by atomic mass is 10.0. The monoisotopic (exact) mass is 219 g/mol. The highest BCUT2D eigenvalue weighted by Gasteiger charge is 2.05. The quantitative estimate of drug-likeness (QED) is 0.436. The zero-order valence-corrected chi connectivity index (χ0v) is 9.51. The Hall–Kier alpha value is -2.28. The van der Waals surface area contributed by atoms with Crippen LogP contribution in [0.1, 0.15) is 0 Å². The van der Waals surface area contributed by atoms with Gasteiger partial charge in [0, 0.05) is 7.05 Å². The molecule has 1 aromatic heterocycles. The lowest BCUT2D eigenvalue weighted by Gasteiger charge is -2.09. The van der Waals surface area contributed by atoms with Crippen LogP contribution in [0.2, 0.25) is 0 Å². The van der Waals surface area contributed by atoms with Gasteiger partial charge in [-0.2, -0.15) is 0 Å². The molecule has 82 valence electrons. The van der Waals surface area contributed by atoms with E-state index in [2.05, 4.69) is 55.6 Å². The molecule has 0 N–H and O–H groups in total. The van der Waals surface area contributed by atoms with Gasteiger partial charge in [0.25, 0.3) is 0 Å². The normalized spacial score (nSPS) is 10.6. The molecule has 1 nitrogen and oxygen atoms in total. The van der Waals surface area contributed by atoms with Crippen molar-refractivity contribution in [1.29, 1.82) is 0 Å². The maximum Gasteiger partial charge on any atom is 0.112 e. The summed E-state index contributed by atoms with van der Waals surface area (Å²) >= 11 is 0. The summed E-state index contributed by atoms with van der Waals surface area (Å²) in [6.07, 6.45) is 1.97. The molecule has 1 heterocycles. The van der Waals surface area contributed by atoms with Crippen LogP contribution in [0.15, 0.2) is 66.9 Å². The van der Waals surface area contributed by atoms with Crippen molar-refractivity contribution in [3.05, 3.63) is 73.9 Å². The Morgan fingerprint density at radius 3 is 2.41 bits per heavy atom. The van der Waals surface area contributed by atoms with E-state index in [1.807, 2.05) is 22.9 Å². The van der Waals surface area contributed by atoms with Crippen molar-refractivity contribution in [3.63, 3.8) is 0 Å². The summed E-state index contributed by atoms with van der Waals surface area (Å²) in [5.41, 5.74) is 2.35. The van der Waals surface area contributed by atoms with Crippen LogP contribution in [0.3, 0.4) is 0 Å². The zero-order chi connectivity index (χ0) is 11.7. The molecule has 0 aliphatic heterocycles. The number of aromatic nitrogens is 1. The van der Waals surface area contributed by atoms with Crippen LogP contribution >= 0.6 is 0 Å². The van der Waals surface area contributed by atoms with Crippen molar-refractivity contribution in [3.8, 4) is 11.3 Å². The number of nitrogens with zero attached hydrogens (tertiary/aromatic N) is 1. The number of fused-ring (bicyclic) bond motifs is 1. The summed E-state index contributed by atoms with van der Waals surface area (Å²) in [6, 6.07) is 20.9. The van der Waals surface area contributed by atoms with Crippen LogP contribution in [-0.4, -0.2) is 0 Å². The van der Waals surface area contributed by atoms with Crippen LogP contribution in [0.5, 0.6) is 0 Å². The molecule has 3 rings (SSSR count). The van der Waals surface area contributed by atoms with Gasteiger partial charge in [-0.1, -0.05) is 54.6 Å². The van der Waals surface area contributed by atoms with Gasteiger partial charge in [0.2, 0.25) is 0 Å². The Morgan fingerprint density at radius 2 is 1.53 bits per heavy atom. The van der Waals surface area contributed by atoms with E-state index in [-0.39, 0.29) is 0 Å². The molecule has 0 bridgehead atoms. The first-order valence-electron chi connectivity index (χ1n) is 5.66. The fraction of sp³-hybridized carbons (Fsp3) is 0. The molecular formula is C16H13N. The minimum Gasteiger partial charge on any atom is -0.333 e. The number of hydrogen-bond donors (Lipinski definition) is 0. The van der Waals surface area contributed by atoms with Crippen molar-refractivity contribution >= 4 is 10.8 Å². The highest BCUT2D eigenvalue weighted by molar-refractivity contribution is 5.95. The zero-order valence-electron chi connectivity index (χ0n) is 9.51. The highest BCUT2D eigenvalue weighted by atomic mass is 14.9. The van der Waals surface area contributed by atoms with Gasteiger partial charge in [-0.15, -0.1) is 0 Å². The summed E-state index contributed by atoms with van der Waals surface area (Å²) in [4.78, 5) is 0. The first-order chi connectivity index (χ1) is 8.36. The molecule has 0 fully saturated rings. The summed E-state index contributed by atoms with van der Waals surface area (Å²) in [5.74, 6) is 0. The second-order valence-corrected chi connectivity index (χ2v) is 4.08. The van der Waals surface area contributed by atoms with E-state index < -0.39 is 0 Å². The van der Waals surface area contributed by atoms with Crippen LogP contribution in [0, 0.1) is 7.05 Å². The Labute approximate surface area is 101 Å². The minimum absolute atomic E-state index is 1.13. The first kappa shape index (κ1) is 9.91. The predicted octanol–water partition coefficient (Wildman–Crippen LogP) is 3.43. The Kier molecular flexibility index (Phi) is 2.30. The fourth-order valence-corrected chi connectivity index (χ4v) is 2.17. The van der Waals surface area contributed by atoms with Crippen LogP contribution in [-0.2, 0) is 0 Å². The van der Waals surface area contributed by atoms with E-state index >= 15 is 0 Å². The molecule has 0 unspecified atom stereocenters. The van der Waals surface area contributed by atoms with E-state index in [9.17, 15) is 0 Å². The third-order valence-electron chi connectivity index (χ3n) is 3.01. The molecule has 0 aliphatic carbocycles. The predicted molar refractivity (Wildman–Crippen MR) is 70.3 cm³/mol. The van der Waals surface area contributed by atoms with Crippen molar-refractivity contribution in [2.45, 2.75) is 0 Å². The average molecular weight is 219 g/mol. The van der Waals surface area contributed by atoms with Crippen molar-refractivity contribution in [2.24, 2.45) is 0 Å². The maximum atomic E-state index is 4.02. The molecule has 2 aromatic carbocycles. The van der Waals surface area contributed by atoms with Gasteiger partial charge in [-0.25, -0.2) is 0 Å². The largest absolute Gasteiger partial charge is 0.333 e. The number of pyridine rings is 1. The van der Waals surface area contributed by atoms with Crippen molar-refractivity contribution < 1.29 is 4.57 Å². The van der Waals surface area contributed by atoms with E-state index in [4.69, 9.17) is 0 Å². The molecule has 0 spiro atoms. The second kappa shape index (κ2) is 3.95. The van der Waals surface area contributed by atoms with Crippen LogP contribution < -0.4 is 4.57 Å². The van der Waals surface area contributed by atoms with Gasteiger partial charge in [0.1, 0.15) is 5.69 Å². The molecule has 0 atom stereocenters. The smallest absolute Gasteiger partial charge is 0.112 e. The van der Waals surface area contributed by atoms with E-state index in [0.717, 1.165) is 5.69 Å². The molecule has 0 amide bonds. The molecular weight excluding hydrogens is 206 g/mol. The summed E-state index contributed by atoms with van der Waals surface area (Å²) < 4.78 is 1.90. The van der Waals surface area contributed by atoms with Gasteiger partial charge in [-0.05, 0) is 22.4 Å². The van der Waals surface area contributed by atoms with E-state index in [1.54, 1.807) is 0 Å². The minimum atomic E-state index is 1.13. The van der Waals surface area contributed by atoms with Gasteiger partial charge in [0.15, 0.2) is 0 Å². The number of benzene rings is 2. The summed E-state index contributed by atoms with van der Waals surface area (Å²) in [6.45, 7) is 0. The molecule has 3 aromatic rings. The third-order valence-corrected chi connectivity index (χ3v) is 3.01. The molecule has 0 saturated carbocycles. The number of hydrogen-bond acceptors (Lipinski definition) is 0. The first-order valence-corrected chi connectivity index (χ1v) is 5.66. The van der Waals surface area contributed by atoms with Crippen molar-refractivity contribution in [1.82, 2.24) is 0 Å². The fourth-order valence-electron chi connectivity index (χ4n) is 2.17. The Bertz CT molecular complexity index is 666. The van der Waals surface area contributed by atoms with Gasteiger partial charge in [-0.3, -0.25) is 0 Å². The molecule has 0 radical (unpaired) electrons. The van der Waals surface area contributed by atoms with E-state index in [1.165, 1.54) is 16.3 Å². The van der Waals surface area contributed by atoms with E-state index in [0.29, 0.717) is 0 Å². The Balaban J connectivity index is 2.35. The summed E-state index contributed by atoms with van der Waals surface area (Å²) in [7, 11) is 4.02. The topological polar surface area (TPSA) is 3.88 Å². The van der Waals surface area contributed by atoms with Gasteiger partial charge in [0.05, 0.1) is 6.20 Å². The SMILES string of the molecule is [CH2-][n+]1ccccc1-c1cccc2ccccc12. The Morgan fingerprint density at radius 1 is 0.765 bits per heavy atom. The van der Waals surface area contributed by atoms with Crippen molar-refractivity contribution in [2.75, 3.05) is 0 Å². The van der Waals surface area contributed by atoms with Crippen LogP contribution in [0.4, 0.5) is 0 Å². The standard InChI is InChI=1S/C16H13N/c1-17-12-5-4-11-16(17)15-10-6-8-13-7-2-3-9-14(13)15/h2-12H,1H2. The van der Waals surface area contributed by atoms with Gasteiger partial charge < -0.3 is 4.57 Å². The lowest BCUT2D eigenvalue weighted by molar-refractivity contribution is -0.600. The molecule has 17 heavy (non-hydrogen) atoms. The molecule has 0 saturated heterocycles. The summed E-state index contributed by atoms with van der Waals surface area (Å²) in [5, 5.41) is 2.52. The number of rotatable bonds is 1. The molecule has 1 heteroatoms. The van der Waals surface area contributed by atoms with Gasteiger partial charge >= 0.3 is 0 Å². The lowest BCUT2D eigenvalue weighted by Crippen LogP contribution is -2.27. The highest BCUT2D eigenvalue weighted by Crippen LogP contribution is 2.25. The maximum absolute atomic E-state index is 4.02.